The minimum atomic E-state index is -0.176. The van der Waals surface area contributed by atoms with Gasteiger partial charge in [0.05, 0.1) is 0 Å². The molecule has 6 nitrogen and oxygen atoms in total. The Bertz CT molecular complexity index is 746. The molecule has 7 heteroatoms. The van der Waals surface area contributed by atoms with Crippen LogP contribution in [0.2, 0.25) is 0 Å². The molecule has 1 aromatic heterocycles. The number of aromatic nitrogens is 1. The fourth-order valence-electron chi connectivity index (χ4n) is 3.55. The first-order chi connectivity index (χ1) is 12.7. The van der Waals surface area contributed by atoms with Gasteiger partial charge in [0.1, 0.15) is 11.9 Å². The van der Waals surface area contributed by atoms with E-state index in [1.165, 1.54) is 5.56 Å². The summed E-state index contributed by atoms with van der Waals surface area (Å²) in [6, 6.07) is 14.1. The number of nitrogens with zero attached hydrogens (tertiary/aromatic N) is 3. The van der Waals surface area contributed by atoms with Crippen molar-refractivity contribution in [3.05, 3.63) is 58.7 Å². The van der Waals surface area contributed by atoms with Crippen LogP contribution in [0, 0.1) is 0 Å². The Labute approximate surface area is 161 Å². The zero-order valence-corrected chi connectivity index (χ0v) is 16.0. The number of benzene rings is 1. The normalized spacial score (nSPS) is 23.3. The second-order valence-electron chi connectivity index (χ2n) is 6.68. The van der Waals surface area contributed by atoms with Crippen LogP contribution in [0.3, 0.4) is 0 Å². The van der Waals surface area contributed by atoms with Crippen molar-refractivity contribution in [2.45, 2.75) is 18.5 Å². The van der Waals surface area contributed by atoms with Crippen LogP contribution in [0.5, 0.6) is 0 Å². The minimum Gasteiger partial charge on any atom is -0.353 e. The van der Waals surface area contributed by atoms with E-state index in [1.54, 1.807) is 0 Å². The van der Waals surface area contributed by atoms with Gasteiger partial charge in [-0.05, 0) is 36.2 Å². The zero-order chi connectivity index (χ0) is 17.9. The lowest BCUT2D eigenvalue weighted by molar-refractivity contribution is -0.133. The Morgan fingerprint density at radius 3 is 2.50 bits per heavy atom. The van der Waals surface area contributed by atoms with Crippen LogP contribution in [0.1, 0.15) is 18.0 Å². The first-order valence-electron chi connectivity index (χ1n) is 8.92. The molecule has 2 unspecified atom stereocenters. The molecule has 2 atom stereocenters. The maximum atomic E-state index is 12.9. The third-order valence-electron chi connectivity index (χ3n) is 5.04. The minimum absolute atomic E-state index is 0.159. The summed E-state index contributed by atoms with van der Waals surface area (Å²) in [6.07, 6.45) is 2.57. The summed E-state index contributed by atoms with van der Waals surface area (Å²) in [7, 11) is 0. The van der Waals surface area contributed by atoms with Crippen LogP contribution in [0.4, 0.5) is 5.82 Å². The van der Waals surface area contributed by atoms with Crippen LogP contribution in [0.15, 0.2) is 53.1 Å². The molecule has 3 heterocycles. The number of hydrogen-bond acceptors (Lipinski definition) is 5. The lowest BCUT2D eigenvalue weighted by atomic mass is 10.0. The Balaban J connectivity index is 1.32. The van der Waals surface area contributed by atoms with Gasteiger partial charge in [-0.3, -0.25) is 4.79 Å². The molecule has 0 aliphatic carbocycles. The SMILES string of the molecule is O=C(C1CC(c2ccc(Br)cc2)NN1)N1CCN(c2ccccn2)CC1. The third-order valence-corrected chi connectivity index (χ3v) is 5.57. The fourth-order valence-corrected chi connectivity index (χ4v) is 3.81. The summed E-state index contributed by atoms with van der Waals surface area (Å²) in [5, 5.41) is 0. The van der Waals surface area contributed by atoms with Crippen LogP contribution in [-0.2, 0) is 4.79 Å². The van der Waals surface area contributed by atoms with Crippen molar-refractivity contribution in [3.8, 4) is 0 Å². The zero-order valence-electron chi connectivity index (χ0n) is 14.4. The van der Waals surface area contributed by atoms with Crippen LogP contribution in [0.25, 0.3) is 0 Å². The van der Waals surface area contributed by atoms with Gasteiger partial charge in [0.2, 0.25) is 5.91 Å². The second kappa shape index (κ2) is 7.73. The number of carbonyl (C=O) groups is 1. The molecule has 2 fully saturated rings. The molecular weight excluding hydrogens is 394 g/mol. The molecule has 0 radical (unpaired) electrons. The van der Waals surface area contributed by atoms with E-state index in [0.717, 1.165) is 42.9 Å². The van der Waals surface area contributed by atoms with Crippen molar-refractivity contribution >= 4 is 27.7 Å². The average Bonchev–Trinajstić information content (AvgIpc) is 3.19. The van der Waals surface area contributed by atoms with Crippen molar-refractivity contribution in [1.29, 1.82) is 0 Å². The summed E-state index contributed by atoms with van der Waals surface area (Å²) < 4.78 is 1.06. The van der Waals surface area contributed by atoms with E-state index in [-0.39, 0.29) is 18.0 Å². The number of hydrogen-bond donors (Lipinski definition) is 2. The molecule has 4 rings (SSSR count). The summed E-state index contributed by atoms with van der Waals surface area (Å²) in [6.45, 7) is 3.10. The van der Waals surface area contributed by atoms with E-state index in [0.29, 0.717) is 0 Å². The van der Waals surface area contributed by atoms with Gasteiger partial charge in [-0.25, -0.2) is 15.8 Å². The van der Waals surface area contributed by atoms with Gasteiger partial charge in [-0.15, -0.1) is 0 Å². The molecule has 2 aliphatic rings. The number of amides is 1. The van der Waals surface area contributed by atoms with Gasteiger partial charge in [0.25, 0.3) is 0 Å². The maximum Gasteiger partial charge on any atom is 0.241 e. The van der Waals surface area contributed by atoms with Crippen molar-refractivity contribution < 1.29 is 4.79 Å². The molecule has 1 amide bonds. The first-order valence-corrected chi connectivity index (χ1v) is 9.71. The maximum absolute atomic E-state index is 12.9. The molecule has 2 aliphatic heterocycles. The summed E-state index contributed by atoms with van der Waals surface area (Å²) in [4.78, 5) is 21.4. The third kappa shape index (κ3) is 3.75. The molecule has 0 saturated carbocycles. The molecule has 0 bridgehead atoms. The summed E-state index contributed by atoms with van der Waals surface area (Å²) in [5.74, 6) is 1.16. The first kappa shape index (κ1) is 17.5. The Kier molecular flexibility index (Phi) is 5.19. The van der Waals surface area contributed by atoms with Gasteiger partial charge in [-0.1, -0.05) is 34.1 Å². The van der Waals surface area contributed by atoms with Crippen molar-refractivity contribution in [1.82, 2.24) is 20.7 Å². The van der Waals surface area contributed by atoms with E-state index in [9.17, 15) is 4.79 Å². The fraction of sp³-hybridized carbons (Fsp3) is 0.368. The number of nitrogens with one attached hydrogen (secondary N) is 2. The number of hydrazine groups is 1. The van der Waals surface area contributed by atoms with Gasteiger partial charge in [0, 0.05) is 42.9 Å². The highest BCUT2D eigenvalue weighted by Crippen LogP contribution is 2.25. The van der Waals surface area contributed by atoms with E-state index >= 15 is 0 Å². The predicted octanol–water partition coefficient (Wildman–Crippen LogP) is 2.10. The molecule has 2 aromatic rings. The number of piperazine rings is 1. The van der Waals surface area contributed by atoms with Crippen LogP contribution >= 0.6 is 15.9 Å². The van der Waals surface area contributed by atoms with Crippen LogP contribution < -0.4 is 15.8 Å². The van der Waals surface area contributed by atoms with Gasteiger partial charge in [-0.2, -0.15) is 0 Å². The predicted molar refractivity (Wildman–Crippen MR) is 105 cm³/mol. The molecule has 136 valence electrons. The largest absolute Gasteiger partial charge is 0.353 e. The van der Waals surface area contributed by atoms with Gasteiger partial charge >= 0.3 is 0 Å². The van der Waals surface area contributed by atoms with Gasteiger partial charge in [0.15, 0.2) is 0 Å². The number of anilines is 1. The van der Waals surface area contributed by atoms with E-state index < -0.39 is 0 Å². The average molecular weight is 416 g/mol. The number of carbonyl (C=O) groups excluding carboxylic acids is 1. The number of pyridine rings is 1. The highest BCUT2D eigenvalue weighted by atomic mass is 79.9. The molecule has 1 aromatic carbocycles. The van der Waals surface area contributed by atoms with Crippen molar-refractivity contribution in [3.63, 3.8) is 0 Å². The van der Waals surface area contributed by atoms with Gasteiger partial charge < -0.3 is 9.80 Å². The summed E-state index contributed by atoms with van der Waals surface area (Å²) in [5.41, 5.74) is 7.64. The Morgan fingerprint density at radius 1 is 1.04 bits per heavy atom. The highest BCUT2D eigenvalue weighted by Gasteiger charge is 2.34. The molecule has 26 heavy (non-hydrogen) atoms. The molecule has 0 spiro atoms. The summed E-state index contributed by atoms with van der Waals surface area (Å²) >= 11 is 3.46. The van der Waals surface area contributed by atoms with E-state index in [1.807, 2.05) is 41.4 Å². The highest BCUT2D eigenvalue weighted by molar-refractivity contribution is 9.10. The Hall–Kier alpha value is -1.96. The number of rotatable bonds is 3. The van der Waals surface area contributed by atoms with E-state index in [2.05, 4.69) is 48.8 Å². The molecular formula is C19H22BrN5O. The molecule has 2 N–H and O–H groups in total. The van der Waals surface area contributed by atoms with Crippen LogP contribution in [-0.4, -0.2) is 48.0 Å². The second-order valence-corrected chi connectivity index (χ2v) is 7.60. The van der Waals surface area contributed by atoms with Crippen molar-refractivity contribution in [2.24, 2.45) is 0 Å². The van der Waals surface area contributed by atoms with E-state index in [4.69, 9.17) is 0 Å². The molecule has 2 saturated heterocycles. The lowest BCUT2D eigenvalue weighted by Gasteiger charge is -2.36. The smallest absolute Gasteiger partial charge is 0.241 e. The Morgan fingerprint density at radius 2 is 1.81 bits per heavy atom. The van der Waals surface area contributed by atoms with Crippen molar-refractivity contribution in [2.75, 3.05) is 31.1 Å². The monoisotopic (exact) mass is 415 g/mol. The number of halogens is 1. The topological polar surface area (TPSA) is 60.5 Å². The quantitative estimate of drug-likeness (QED) is 0.803. The standard InChI is InChI=1S/C19H22BrN5O/c20-15-6-4-14(5-7-15)16-13-17(23-22-16)19(26)25-11-9-24(10-12-25)18-3-1-2-8-21-18/h1-8,16-17,22-23H,9-13H2. The lowest BCUT2D eigenvalue weighted by Crippen LogP contribution is -2.53.